The number of carbonyl (C=O) groups is 2. The Morgan fingerprint density at radius 1 is 1.22 bits per heavy atom. The van der Waals surface area contributed by atoms with Gasteiger partial charge in [0.1, 0.15) is 26.2 Å². The molecular weight excluding hydrogens is 294 g/mol. The van der Waals surface area contributed by atoms with E-state index in [1.54, 1.807) is 0 Å². The third-order valence-corrected chi connectivity index (χ3v) is 4.62. The van der Waals surface area contributed by atoms with Gasteiger partial charge in [0.15, 0.2) is 6.04 Å². The van der Waals surface area contributed by atoms with E-state index in [0.717, 1.165) is 45.0 Å². The Hall–Kier alpha value is -1.76. The van der Waals surface area contributed by atoms with Crippen LogP contribution in [-0.2, 0) is 14.3 Å². The molecule has 2 saturated heterocycles. The minimum absolute atomic E-state index is 0.0872. The number of rotatable bonds is 5. The molecule has 0 spiro atoms. The smallest absolute Gasteiger partial charge is 0.292 e. The van der Waals surface area contributed by atoms with Gasteiger partial charge in [-0.3, -0.25) is 9.59 Å². The lowest BCUT2D eigenvalue weighted by atomic mass is 10.2. The van der Waals surface area contributed by atoms with Crippen molar-refractivity contribution in [2.24, 2.45) is 0 Å². The third-order valence-electron chi connectivity index (χ3n) is 4.62. The Morgan fingerprint density at radius 3 is 2.61 bits per heavy atom. The molecule has 0 radical (unpaired) electrons. The first kappa shape index (κ1) is 16.1. The Kier molecular flexibility index (Phi) is 5.05. The number of nitrogens with one attached hydrogen (secondary N) is 1. The molecule has 2 aliphatic rings. The van der Waals surface area contributed by atoms with Crippen LogP contribution in [0, 0.1) is 6.92 Å². The zero-order valence-corrected chi connectivity index (χ0v) is 13.6. The number of nitrogens with zero attached hydrogens (tertiary/aromatic N) is 1. The largest absolute Gasteiger partial charge is 0.370 e. The quantitative estimate of drug-likeness (QED) is 0.624. The molecule has 124 valence electrons. The molecule has 6 heteroatoms. The number of hydrogen-bond donors (Lipinski definition) is 2. The van der Waals surface area contributed by atoms with Crippen LogP contribution in [0.2, 0.25) is 0 Å². The average Bonchev–Trinajstić information content (AvgIpc) is 2.84. The Labute approximate surface area is 136 Å². The number of morpholine rings is 1. The van der Waals surface area contributed by atoms with Crippen LogP contribution in [0.5, 0.6) is 0 Å². The van der Waals surface area contributed by atoms with Gasteiger partial charge in [-0.05, 0) is 19.1 Å². The van der Waals surface area contributed by atoms with E-state index in [1.165, 1.54) is 9.80 Å². The van der Waals surface area contributed by atoms with E-state index in [2.05, 4.69) is 0 Å². The van der Waals surface area contributed by atoms with Crippen molar-refractivity contribution in [1.82, 2.24) is 0 Å². The van der Waals surface area contributed by atoms with Crippen molar-refractivity contribution < 1.29 is 24.5 Å². The lowest BCUT2D eigenvalue weighted by Gasteiger charge is -2.23. The summed E-state index contributed by atoms with van der Waals surface area (Å²) >= 11 is 0. The van der Waals surface area contributed by atoms with Crippen LogP contribution in [0.3, 0.4) is 0 Å². The van der Waals surface area contributed by atoms with Crippen LogP contribution in [0.25, 0.3) is 0 Å². The summed E-state index contributed by atoms with van der Waals surface area (Å²) in [6.45, 7) is 7.55. The van der Waals surface area contributed by atoms with Crippen molar-refractivity contribution in [3.8, 4) is 0 Å². The highest BCUT2D eigenvalue weighted by atomic mass is 16.5. The number of aryl methyl sites for hydroxylation is 1. The fourth-order valence-electron chi connectivity index (χ4n) is 3.20. The van der Waals surface area contributed by atoms with Crippen LogP contribution in [0.4, 0.5) is 5.69 Å². The summed E-state index contributed by atoms with van der Waals surface area (Å²) < 4.78 is 5.35. The van der Waals surface area contributed by atoms with E-state index in [1.807, 2.05) is 36.5 Å². The average molecular weight is 319 g/mol. The van der Waals surface area contributed by atoms with Crippen molar-refractivity contribution in [1.29, 1.82) is 0 Å². The molecule has 2 aliphatic heterocycles. The zero-order chi connectivity index (χ0) is 16.2. The highest BCUT2D eigenvalue weighted by Gasteiger charge is 2.42. The number of benzene rings is 1. The molecule has 0 aromatic heterocycles. The van der Waals surface area contributed by atoms with Gasteiger partial charge in [-0.25, -0.2) is 4.90 Å². The molecule has 0 bridgehead atoms. The Bertz CT molecular complexity index is 567. The maximum atomic E-state index is 12.5. The predicted molar refractivity (Wildman–Crippen MR) is 85.3 cm³/mol. The van der Waals surface area contributed by atoms with Crippen LogP contribution in [0.1, 0.15) is 12.0 Å². The van der Waals surface area contributed by atoms with Gasteiger partial charge in [-0.15, -0.1) is 0 Å². The van der Waals surface area contributed by atoms with Gasteiger partial charge in [0, 0.05) is 0 Å². The molecule has 2 heterocycles. The van der Waals surface area contributed by atoms with Crippen LogP contribution in [0.15, 0.2) is 24.3 Å². The minimum Gasteiger partial charge on any atom is -0.370 e. The van der Waals surface area contributed by atoms with Crippen LogP contribution in [-0.4, -0.2) is 57.2 Å². The summed E-state index contributed by atoms with van der Waals surface area (Å²) in [7, 11) is 0. The van der Waals surface area contributed by atoms with Gasteiger partial charge < -0.3 is 15.0 Å². The number of carbonyl (C=O) groups excluding carboxylic acids is 2. The second kappa shape index (κ2) is 7.21. The molecule has 3 rings (SSSR count). The van der Waals surface area contributed by atoms with Crippen LogP contribution >= 0.6 is 0 Å². The van der Waals surface area contributed by atoms with E-state index < -0.39 is 0 Å². The molecule has 1 aromatic rings. The zero-order valence-electron chi connectivity index (χ0n) is 13.6. The van der Waals surface area contributed by atoms with Gasteiger partial charge >= 0.3 is 0 Å². The number of imide groups is 1. The van der Waals surface area contributed by atoms with E-state index in [0.29, 0.717) is 12.1 Å². The summed E-state index contributed by atoms with van der Waals surface area (Å²) in [5.41, 5.74) is 1.80. The highest BCUT2D eigenvalue weighted by molar-refractivity contribution is 6.21. The second-order valence-corrected chi connectivity index (χ2v) is 6.35. The predicted octanol–water partition coefficient (Wildman–Crippen LogP) is -1.89. The lowest BCUT2D eigenvalue weighted by molar-refractivity contribution is -0.920. The number of anilines is 1. The Morgan fingerprint density at radius 2 is 1.91 bits per heavy atom. The highest BCUT2D eigenvalue weighted by Crippen LogP contribution is 2.21. The number of quaternary nitrogens is 2. The first-order valence-electron chi connectivity index (χ1n) is 8.33. The Balaban J connectivity index is 1.54. The van der Waals surface area contributed by atoms with Gasteiger partial charge in [0.05, 0.1) is 25.3 Å². The number of nitrogens with two attached hydrogens (primary N) is 1. The topological polar surface area (TPSA) is 67.7 Å². The fraction of sp³-hybridized carbons (Fsp3) is 0.529. The first-order valence-corrected chi connectivity index (χ1v) is 8.33. The second-order valence-electron chi connectivity index (χ2n) is 6.35. The lowest BCUT2D eigenvalue weighted by Crippen LogP contribution is -3.16. The standard InChI is InChI=1S/C17H23N3O3/c1-13-2-4-14(5-3-13)20-16(21)12-15(17(20)22)18-6-7-19-8-10-23-11-9-19/h2-5,15,18H,6-12H2,1H3/p+2. The molecule has 0 saturated carbocycles. The monoisotopic (exact) mass is 319 g/mol. The summed E-state index contributed by atoms with van der Waals surface area (Å²) in [4.78, 5) is 27.6. The molecule has 0 aliphatic carbocycles. The van der Waals surface area contributed by atoms with Crippen molar-refractivity contribution in [2.45, 2.75) is 19.4 Å². The van der Waals surface area contributed by atoms with Crippen molar-refractivity contribution in [3.63, 3.8) is 0 Å². The number of hydrogen-bond acceptors (Lipinski definition) is 3. The summed E-state index contributed by atoms with van der Waals surface area (Å²) in [5, 5.41) is 2.02. The SMILES string of the molecule is Cc1ccc(N2C(=O)CC([NH2+]CC[NH+]3CCOCC3)C2=O)cc1. The van der Waals surface area contributed by atoms with E-state index in [-0.39, 0.29) is 17.9 Å². The van der Waals surface area contributed by atoms with Crippen LogP contribution < -0.4 is 15.1 Å². The van der Waals surface area contributed by atoms with E-state index >= 15 is 0 Å². The fourth-order valence-corrected chi connectivity index (χ4v) is 3.20. The molecule has 3 N–H and O–H groups in total. The summed E-state index contributed by atoms with van der Waals surface area (Å²) in [6.07, 6.45) is 0.297. The molecule has 23 heavy (non-hydrogen) atoms. The molecule has 1 unspecified atom stereocenters. The van der Waals surface area contributed by atoms with Crippen molar-refractivity contribution in [2.75, 3.05) is 44.3 Å². The van der Waals surface area contributed by atoms with Gasteiger partial charge in [-0.1, -0.05) is 17.7 Å². The molecule has 2 fully saturated rings. The van der Waals surface area contributed by atoms with Gasteiger partial charge in [0.2, 0.25) is 5.91 Å². The van der Waals surface area contributed by atoms with Crippen molar-refractivity contribution in [3.05, 3.63) is 29.8 Å². The molecule has 1 aromatic carbocycles. The van der Waals surface area contributed by atoms with E-state index in [4.69, 9.17) is 4.74 Å². The molecule has 2 amide bonds. The number of amides is 2. The normalized spacial score (nSPS) is 22.8. The van der Waals surface area contributed by atoms with E-state index in [9.17, 15) is 9.59 Å². The molecular formula is C17H25N3O3+2. The van der Waals surface area contributed by atoms with Gasteiger partial charge in [0.25, 0.3) is 5.91 Å². The summed E-state index contributed by atoms with van der Waals surface area (Å²) in [6, 6.07) is 7.25. The maximum absolute atomic E-state index is 12.5. The third kappa shape index (κ3) is 3.77. The minimum atomic E-state index is -0.274. The van der Waals surface area contributed by atoms with Crippen molar-refractivity contribution >= 4 is 17.5 Å². The first-order chi connectivity index (χ1) is 11.1. The molecule has 6 nitrogen and oxygen atoms in total. The maximum Gasteiger partial charge on any atom is 0.292 e. The van der Waals surface area contributed by atoms with Gasteiger partial charge in [-0.2, -0.15) is 0 Å². The number of ether oxygens (including phenoxy) is 1. The molecule has 1 atom stereocenters. The summed E-state index contributed by atoms with van der Waals surface area (Å²) in [5.74, 6) is -0.186.